The van der Waals surface area contributed by atoms with Crippen LogP contribution in [0.5, 0.6) is 0 Å². The van der Waals surface area contributed by atoms with E-state index in [1.807, 2.05) is 73.6 Å². The number of carbonyl (C=O) groups is 3. The van der Waals surface area contributed by atoms with Crippen LogP contribution < -0.4 is 10.2 Å². The van der Waals surface area contributed by atoms with Gasteiger partial charge < -0.3 is 10.2 Å². The van der Waals surface area contributed by atoms with E-state index >= 15 is 0 Å². The Morgan fingerprint density at radius 1 is 1.09 bits per heavy atom. The van der Waals surface area contributed by atoms with Gasteiger partial charge in [0.25, 0.3) is 11.1 Å². The summed E-state index contributed by atoms with van der Waals surface area (Å²) in [4.78, 5) is 41.1. The molecule has 4 rings (SSSR count). The molecular formula is C24H20BrN3O3S. The third kappa shape index (κ3) is 4.56. The van der Waals surface area contributed by atoms with Crippen molar-refractivity contribution < 1.29 is 14.4 Å². The zero-order chi connectivity index (χ0) is 22.8. The van der Waals surface area contributed by atoms with Crippen LogP contribution in [0.3, 0.4) is 0 Å². The highest BCUT2D eigenvalue weighted by atomic mass is 79.9. The summed E-state index contributed by atoms with van der Waals surface area (Å²) in [6.45, 7) is -0.339. The monoisotopic (exact) mass is 509 g/mol. The third-order valence-corrected chi connectivity index (χ3v) is 6.53. The van der Waals surface area contributed by atoms with Crippen LogP contribution in [0, 0.1) is 0 Å². The minimum Gasteiger partial charge on any atom is -0.377 e. The van der Waals surface area contributed by atoms with E-state index in [2.05, 4.69) is 21.2 Å². The number of hydrogen-bond donors (Lipinski definition) is 1. The number of hydrogen-bond acceptors (Lipinski definition) is 5. The Labute approximate surface area is 198 Å². The molecule has 0 saturated carbocycles. The standard InChI is InChI=1S/C24H20BrN3O3S/c1-27(2)20-11-10-15(12-18(20)25)13-21-23(30)28(24(31)32-21)14-22(29)26-19-9-5-7-16-6-3-4-8-17(16)19/h3-13H,14H2,1-2H3,(H,26,29)/b21-13-. The summed E-state index contributed by atoms with van der Waals surface area (Å²) < 4.78 is 0.880. The number of thioether (sulfide) groups is 1. The van der Waals surface area contributed by atoms with Gasteiger partial charge in [0.1, 0.15) is 6.54 Å². The zero-order valence-corrected chi connectivity index (χ0v) is 19.9. The average molecular weight is 510 g/mol. The van der Waals surface area contributed by atoms with Gasteiger partial charge in [0, 0.05) is 29.6 Å². The molecule has 8 heteroatoms. The van der Waals surface area contributed by atoms with Gasteiger partial charge in [-0.15, -0.1) is 0 Å². The predicted octanol–water partition coefficient (Wildman–Crippen LogP) is 5.34. The summed E-state index contributed by atoms with van der Waals surface area (Å²) in [6.07, 6.45) is 1.66. The molecule has 0 aliphatic carbocycles. The van der Waals surface area contributed by atoms with Crippen molar-refractivity contribution in [2.75, 3.05) is 30.9 Å². The normalized spacial score (nSPS) is 15.0. The van der Waals surface area contributed by atoms with E-state index in [-0.39, 0.29) is 11.4 Å². The molecule has 0 spiro atoms. The lowest BCUT2D eigenvalue weighted by molar-refractivity contribution is -0.127. The predicted molar refractivity (Wildman–Crippen MR) is 134 cm³/mol. The molecule has 162 valence electrons. The summed E-state index contributed by atoms with van der Waals surface area (Å²) >= 11 is 4.36. The number of nitrogens with zero attached hydrogens (tertiary/aromatic N) is 2. The van der Waals surface area contributed by atoms with Crippen molar-refractivity contribution >= 4 is 73.0 Å². The summed E-state index contributed by atoms with van der Waals surface area (Å²) in [7, 11) is 3.88. The highest BCUT2D eigenvalue weighted by molar-refractivity contribution is 9.10. The van der Waals surface area contributed by atoms with Crippen LogP contribution in [-0.2, 0) is 9.59 Å². The molecule has 1 aliphatic rings. The van der Waals surface area contributed by atoms with Crippen LogP contribution in [0.25, 0.3) is 16.8 Å². The molecule has 3 aromatic carbocycles. The van der Waals surface area contributed by atoms with E-state index in [0.29, 0.717) is 5.69 Å². The van der Waals surface area contributed by atoms with Crippen molar-refractivity contribution in [2.45, 2.75) is 0 Å². The maximum Gasteiger partial charge on any atom is 0.294 e. The second-order valence-electron chi connectivity index (χ2n) is 7.45. The van der Waals surface area contributed by atoms with Crippen molar-refractivity contribution in [3.05, 3.63) is 75.6 Å². The molecule has 3 aromatic rings. The lowest BCUT2D eigenvalue weighted by atomic mass is 10.1. The van der Waals surface area contributed by atoms with Gasteiger partial charge in [0.05, 0.1) is 10.6 Å². The first-order valence-electron chi connectivity index (χ1n) is 9.83. The number of amides is 3. The van der Waals surface area contributed by atoms with Crippen LogP contribution >= 0.6 is 27.7 Å². The Kier molecular flexibility index (Phi) is 6.34. The average Bonchev–Trinajstić information content (AvgIpc) is 3.01. The third-order valence-electron chi connectivity index (χ3n) is 4.99. The minimum atomic E-state index is -0.471. The maximum atomic E-state index is 12.8. The van der Waals surface area contributed by atoms with E-state index in [4.69, 9.17) is 0 Å². The van der Waals surface area contributed by atoms with Crippen LogP contribution in [0.15, 0.2) is 70.0 Å². The summed E-state index contributed by atoms with van der Waals surface area (Å²) in [5.74, 6) is -0.899. The second-order valence-corrected chi connectivity index (χ2v) is 9.30. The van der Waals surface area contributed by atoms with Crippen LogP contribution in [-0.4, -0.2) is 42.6 Å². The van der Waals surface area contributed by atoms with E-state index in [1.54, 1.807) is 12.1 Å². The van der Waals surface area contributed by atoms with Gasteiger partial charge >= 0.3 is 0 Å². The van der Waals surface area contributed by atoms with Gasteiger partial charge in [-0.25, -0.2) is 0 Å². The SMILES string of the molecule is CN(C)c1ccc(/C=C2\SC(=O)N(CC(=O)Nc3cccc4ccccc34)C2=O)cc1Br. The molecule has 0 aromatic heterocycles. The van der Waals surface area contributed by atoms with Crippen molar-refractivity contribution in [3.63, 3.8) is 0 Å². The molecule has 1 saturated heterocycles. The molecule has 0 bridgehead atoms. The molecule has 6 nitrogen and oxygen atoms in total. The Morgan fingerprint density at radius 3 is 2.59 bits per heavy atom. The van der Waals surface area contributed by atoms with E-state index in [1.165, 1.54) is 0 Å². The number of imide groups is 1. The van der Waals surface area contributed by atoms with Crippen LogP contribution in [0.4, 0.5) is 16.2 Å². The van der Waals surface area contributed by atoms with Crippen molar-refractivity contribution in [2.24, 2.45) is 0 Å². The number of rotatable bonds is 5. The Balaban J connectivity index is 1.49. The molecule has 0 radical (unpaired) electrons. The first-order valence-corrected chi connectivity index (χ1v) is 11.4. The van der Waals surface area contributed by atoms with Gasteiger partial charge in [-0.2, -0.15) is 0 Å². The highest BCUT2D eigenvalue weighted by Crippen LogP contribution is 2.34. The quantitative estimate of drug-likeness (QED) is 0.469. The molecule has 1 N–H and O–H groups in total. The van der Waals surface area contributed by atoms with Gasteiger partial charge in [-0.05, 0) is 62.9 Å². The number of nitrogens with one attached hydrogen (secondary N) is 1. The molecule has 32 heavy (non-hydrogen) atoms. The summed E-state index contributed by atoms with van der Waals surface area (Å²) in [5.41, 5.74) is 2.43. The molecule has 3 amide bonds. The maximum absolute atomic E-state index is 12.8. The van der Waals surface area contributed by atoms with Gasteiger partial charge in [0.2, 0.25) is 5.91 Å². The largest absolute Gasteiger partial charge is 0.377 e. The molecule has 0 atom stereocenters. The summed E-state index contributed by atoms with van der Waals surface area (Å²) in [6, 6.07) is 19.0. The lowest BCUT2D eigenvalue weighted by Crippen LogP contribution is -2.36. The van der Waals surface area contributed by atoms with Crippen LogP contribution in [0.1, 0.15) is 5.56 Å². The number of benzene rings is 3. The Hall–Kier alpha value is -3.10. The molecule has 1 fully saturated rings. The van der Waals surface area contributed by atoms with E-state index < -0.39 is 17.1 Å². The fourth-order valence-corrected chi connectivity index (χ4v) is 5.02. The van der Waals surface area contributed by atoms with Crippen molar-refractivity contribution in [3.8, 4) is 0 Å². The molecule has 1 heterocycles. The fourth-order valence-electron chi connectivity index (χ4n) is 3.43. The van der Waals surface area contributed by atoms with Gasteiger partial charge in [-0.3, -0.25) is 19.3 Å². The van der Waals surface area contributed by atoms with E-state index in [0.717, 1.165) is 43.2 Å². The second kappa shape index (κ2) is 9.18. The zero-order valence-electron chi connectivity index (χ0n) is 17.5. The van der Waals surface area contributed by atoms with Gasteiger partial charge in [0.15, 0.2) is 0 Å². The molecular weight excluding hydrogens is 490 g/mol. The number of anilines is 2. The van der Waals surface area contributed by atoms with Crippen molar-refractivity contribution in [1.82, 2.24) is 4.90 Å². The number of halogens is 1. The van der Waals surface area contributed by atoms with E-state index in [9.17, 15) is 14.4 Å². The van der Waals surface area contributed by atoms with Crippen LogP contribution in [0.2, 0.25) is 0 Å². The Morgan fingerprint density at radius 2 is 1.84 bits per heavy atom. The molecule has 0 unspecified atom stereocenters. The highest BCUT2D eigenvalue weighted by Gasteiger charge is 2.36. The first-order chi connectivity index (χ1) is 15.3. The summed E-state index contributed by atoms with van der Waals surface area (Å²) in [5, 5.41) is 4.24. The lowest BCUT2D eigenvalue weighted by Gasteiger charge is -2.15. The number of fused-ring (bicyclic) bond motifs is 1. The Bertz CT molecular complexity index is 1270. The molecule has 1 aliphatic heterocycles. The first kappa shape index (κ1) is 22.1. The smallest absolute Gasteiger partial charge is 0.294 e. The van der Waals surface area contributed by atoms with Crippen molar-refractivity contribution in [1.29, 1.82) is 0 Å². The number of carbonyl (C=O) groups excluding carboxylic acids is 3. The topological polar surface area (TPSA) is 69.7 Å². The minimum absolute atomic E-state index is 0.289. The van der Waals surface area contributed by atoms with Gasteiger partial charge in [-0.1, -0.05) is 42.5 Å². The fraction of sp³-hybridized carbons (Fsp3) is 0.125.